The molecule has 0 aromatic carbocycles. The van der Waals surface area contributed by atoms with Crippen LogP contribution in [-0.4, -0.2) is 41.5 Å². The van der Waals surface area contributed by atoms with Gasteiger partial charge in [0.25, 0.3) is 15.9 Å². The summed E-state index contributed by atoms with van der Waals surface area (Å²) >= 11 is 0. The van der Waals surface area contributed by atoms with Gasteiger partial charge in [0.1, 0.15) is 0 Å². The van der Waals surface area contributed by atoms with Gasteiger partial charge in [-0.3, -0.25) is 4.79 Å². The number of halogens is 1. The Morgan fingerprint density at radius 3 is 2.53 bits per heavy atom. The molecule has 0 fully saturated rings. The van der Waals surface area contributed by atoms with Crippen LogP contribution in [0.5, 0.6) is 0 Å². The summed E-state index contributed by atoms with van der Waals surface area (Å²) in [7, 11) is -0.551. The van der Waals surface area contributed by atoms with Crippen LogP contribution in [0.25, 0.3) is 0 Å². The first-order valence-electron chi connectivity index (χ1n) is 5.47. The van der Waals surface area contributed by atoms with E-state index in [-0.39, 0.29) is 23.3 Å². The van der Waals surface area contributed by atoms with Crippen LogP contribution >= 0.6 is 12.4 Å². The summed E-state index contributed by atoms with van der Waals surface area (Å²) in [6.45, 7) is 1.28. The van der Waals surface area contributed by atoms with Gasteiger partial charge in [0.15, 0.2) is 5.76 Å². The maximum atomic E-state index is 11.6. The molecular formula is C10H18ClN3O4S. The number of sulfonamides is 1. The van der Waals surface area contributed by atoms with E-state index in [0.717, 1.165) is 13.0 Å². The summed E-state index contributed by atoms with van der Waals surface area (Å²) in [5.41, 5.74) is 0. The van der Waals surface area contributed by atoms with Gasteiger partial charge in [-0.25, -0.2) is 13.1 Å². The summed E-state index contributed by atoms with van der Waals surface area (Å²) < 4.78 is 29.9. The Labute approximate surface area is 118 Å². The summed E-state index contributed by atoms with van der Waals surface area (Å²) in [4.78, 5) is 11.6. The lowest BCUT2D eigenvalue weighted by Crippen LogP contribution is -2.26. The zero-order valence-electron chi connectivity index (χ0n) is 10.7. The molecular weight excluding hydrogens is 294 g/mol. The number of furan rings is 1. The van der Waals surface area contributed by atoms with Crippen molar-refractivity contribution in [3.05, 3.63) is 17.9 Å². The van der Waals surface area contributed by atoms with Crippen LogP contribution in [0.2, 0.25) is 0 Å². The van der Waals surface area contributed by atoms with E-state index >= 15 is 0 Å². The van der Waals surface area contributed by atoms with Gasteiger partial charge in [-0.05, 0) is 39.2 Å². The van der Waals surface area contributed by atoms with E-state index in [1.54, 1.807) is 0 Å². The van der Waals surface area contributed by atoms with Crippen molar-refractivity contribution in [2.45, 2.75) is 11.5 Å². The van der Waals surface area contributed by atoms with Crippen molar-refractivity contribution >= 4 is 28.3 Å². The molecule has 0 saturated heterocycles. The number of rotatable bonds is 7. The molecule has 7 nitrogen and oxygen atoms in total. The number of nitrogens with one attached hydrogen (secondary N) is 3. The van der Waals surface area contributed by atoms with E-state index in [0.29, 0.717) is 6.54 Å². The second-order valence-corrected chi connectivity index (χ2v) is 5.36. The summed E-state index contributed by atoms with van der Waals surface area (Å²) in [5.74, 6) is -0.447. The average Bonchev–Trinajstić information content (AvgIpc) is 2.84. The molecule has 3 N–H and O–H groups in total. The smallest absolute Gasteiger partial charge is 0.287 e. The van der Waals surface area contributed by atoms with Crippen LogP contribution in [0.3, 0.4) is 0 Å². The van der Waals surface area contributed by atoms with E-state index in [2.05, 4.69) is 15.4 Å². The lowest BCUT2D eigenvalue weighted by molar-refractivity contribution is 0.0920. The van der Waals surface area contributed by atoms with E-state index in [1.807, 2.05) is 7.05 Å². The maximum Gasteiger partial charge on any atom is 0.287 e. The topological polar surface area (TPSA) is 100 Å². The molecule has 0 saturated carbocycles. The van der Waals surface area contributed by atoms with Gasteiger partial charge in [-0.1, -0.05) is 0 Å². The fourth-order valence-corrected chi connectivity index (χ4v) is 1.89. The lowest BCUT2D eigenvalue weighted by atomic mass is 10.4. The highest BCUT2D eigenvalue weighted by Crippen LogP contribution is 2.13. The Hall–Kier alpha value is -1.09. The van der Waals surface area contributed by atoms with Gasteiger partial charge < -0.3 is 15.1 Å². The van der Waals surface area contributed by atoms with E-state index in [1.165, 1.54) is 19.2 Å². The number of amides is 1. The number of carbonyl (C=O) groups excluding carboxylic acids is 1. The molecule has 1 aromatic rings. The van der Waals surface area contributed by atoms with Crippen molar-refractivity contribution in [3.8, 4) is 0 Å². The fraction of sp³-hybridized carbons (Fsp3) is 0.500. The Kier molecular flexibility index (Phi) is 7.69. The van der Waals surface area contributed by atoms with E-state index in [4.69, 9.17) is 4.42 Å². The number of carbonyl (C=O) groups is 1. The third-order valence-corrected chi connectivity index (χ3v) is 3.51. The largest absolute Gasteiger partial charge is 0.438 e. The predicted molar refractivity (Wildman–Crippen MR) is 73.1 cm³/mol. The van der Waals surface area contributed by atoms with Crippen molar-refractivity contribution in [2.24, 2.45) is 0 Å². The minimum absolute atomic E-state index is 0. The SMILES string of the molecule is CNCCCNC(=O)c1ccc(S(=O)(=O)NC)o1.Cl. The first-order valence-corrected chi connectivity index (χ1v) is 6.95. The molecule has 0 bridgehead atoms. The third kappa shape index (κ3) is 5.19. The van der Waals surface area contributed by atoms with Crippen molar-refractivity contribution in [1.82, 2.24) is 15.4 Å². The van der Waals surface area contributed by atoms with E-state index in [9.17, 15) is 13.2 Å². The molecule has 9 heteroatoms. The number of hydrogen-bond donors (Lipinski definition) is 3. The summed E-state index contributed by atoms with van der Waals surface area (Å²) in [6.07, 6.45) is 0.782. The van der Waals surface area contributed by atoms with Crippen LogP contribution in [0.1, 0.15) is 17.0 Å². The van der Waals surface area contributed by atoms with Crippen molar-refractivity contribution in [2.75, 3.05) is 27.2 Å². The predicted octanol–water partition coefficient (Wildman–Crippen LogP) is -0.0512. The quantitative estimate of drug-likeness (QED) is 0.613. The molecule has 0 atom stereocenters. The molecule has 1 amide bonds. The molecule has 1 aromatic heterocycles. The highest BCUT2D eigenvalue weighted by molar-refractivity contribution is 7.89. The van der Waals surface area contributed by atoms with Crippen LogP contribution in [-0.2, 0) is 10.0 Å². The molecule has 0 aliphatic heterocycles. The van der Waals surface area contributed by atoms with Gasteiger partial charge in [-0.2, -0.15) is 0 Å². The standard InChI is InChI=1S/C10H17N3O4S.ClH/c1-11-6-3-7-13-10(14)8-4-5-9(17-8)18(15,16)12-2;/h4-5,11-12H,3,6-7H2,1-2H3,(H,13,14);1H. The van der Waals surface area contributed by atoms with Crippen LogP contribution < -0.4 is 15.4 Å². The Bertz CT molecular complexity index is 501. The van der Waals surface area contributed by atoms with Gasteiger partial charge in [0, 0.05) is 6.54 Å². The Morgan fingerprint density at radius 1 is 1.26 bits per heavy atom. The molecule has 1 rings (SSSR count). The van der Waals surface area contributed by atoms with Crippen molar-refractivity contribution in [3.63, 3.8) is 0 Å². The Balaban J connectivity index is 0.00000324. The average molecular weight is 312 g/mol. The molecule has 0 spiro atoms. The summed E-state index contributed by atoms with van der Waals surface area (Å²) in [5, 5.41) is 5.31. The fourth-order valence-electron chi connectivity index (χ4n) is 1.24. The minimum Gasteiger partial charge on any atom is -0.438 e. The van der Waals surface area contributed by atoms with Crippen molar-refractivity contribution < 1.29 is 17.6 Å². The van der Waals surface area contributed by atoms with Gasteiger partial charge in [0.05, 0.1) is 0 Å². The van der Waals surface area contributed by atoms with E-state index < -0.39 is 15.9 Å². The molecule has 0 unspecified atom stereocenters. The zero-order chi connectivity index (χ0) is 13.6. The highest BCUT2D eigenvalue weighted by atomic mass is 35.5. The third-order valence-electron chi connectivity index (χ3n) is 2.23. The van der Waals surface area contributed by atoms with Crippen LogP contribution in [0.4, 0.5) is 0 Å². The maximum absolute atomic E-state index is 11.6. The van der Waals surface area contributed by atoms with Crippen LogP contribution in [0, 0.1) is 0 Å². The Morgan fingerprint density at radius 2 is 1.95 bits per heavy atom. The molecule has 19 heavy (non-hydrogen) atoms. The number of hydrogen-bond acceptors (Lipinski definition) is 5. The van der Waals surface area contributed by atoms with Gasteiger partial charge in [-0.15, -0.1) is 12.4 Å². The first kappa shape index (κ1) is 17.9. The van der Waals surface area contributed by atoms with Gasteiger partial charge in [0.2, 0.25) is 5.09 Å². The molecule has 0 radical (unpaired) electrons. The second kappa shape index (κ2) is 8.16. The molecule has 1 heterocycles. The normalized spacial score (nSPS) is 10.8. The molecule has 110 valence electrons. The van der Waals surface area contributed by atoms with Crippen LogP contribution in [0.15, 0.2) is 21.6 Å². The highest BCUT2D eigenvalue weighted by Gasteiger charge is 2.19. The zero-order valence-corrected chi connectivity index (χ0v) is 12.4. The first-order chi connectivity index (χ1) is 8.51. The monoisotopic (exact) mass is 311 g/mol. The minimum atomic E-state index is -3.65. The lowest BCUT2D eigenvalue weighted by Gasteiger charge is -2.02. The summed E-state index contributed by atoms with van der Waals surface area (Å²) in [6, 6.07) is 2.58. The second-order valence-electron chi connectivity index (χ2n) is 3.54. The van der Waals surface area contributed by atoms with Crippen molar-refractivity contribution in [1.29, 1.82) is 0 Å². The molecule has 0 aliphatic rings. The van der Waals surface area contributed by atoms with Gasteiger partial charge >= 0.3 is 0 Å². The molecule has 0 aliphatic carbocycles.